The Morgan fingerprint density at radius 1 is 1.42 bits per heavy atom. The summed E-state index contributed by atoms with van der Waals surface area (Å²) >= 11 is 9.82. The van der Waals surface area contributed by atoms with E-state index in [0.29, 0.717) is 33.7 Å². The standard InChI is InChI=1S/C16H22BrClN2O4/c1-15(2,3)24-14(23)20-9-16(4-6-21,5-7-22)11-12(18)10(17)8-19-13(11)20/h8,21-22H,4-7,9H2,1-3H3. The molecule has 0 aromatic carbocycles. The Bertz CT molecular complexity index is 627. The van der Waals surface area contributed by atoms with E-state index in [-0.39, 0.29) is 19.8 Å². The number of nitrogens with zero attached hydrogens (tertiary/aromatic N) is 2. The molecule has 1 aliphatic heterocycles. The van der Waals surface area contributed by atoms with E-state index < -0.39 is 17.1 Å². The van der Waals surface area contributed by atoms with Crippen molar-refractivity contribution in [1.29, 1.82) is 0 Å². The number of rotatable bonds is 4. The first-order valence-corrected chi connectivity index (χ1v) is 8.89. The van der Waals surface area contributed by atoms with Crippen molar-refractivity contribution in [2.45, 2.75) is 44.6 Å². The van der Waals surface area contributed by atoms with Gasteiger partial charge in [0.2, 0.25) is 0 Å². The van der Waals surface area contributed by atoms with Gasteiger partial charge < -0.3 is 14.9 Å². The molecule has 2 rings (SSSR count). The third-order valence-corrected chi connectivity index (χ3v) is 5.22. The number of halogens is 2. The molecule has 0 unspecified atom stereocenters. The van der Waals surface area contributed by atoms with Gasteiger partial charge in [-0.05, 0) is 49.5 Å². The lowest BCUT2D eigenvalue weighted by Crippen LogP contribution is -2.41. The molecule has 2 heterocycles. The summed E-state index contributed by atoms with van der Waals surface area (Å²) in [5.41, 5.74) is -0.647. The summed E-state index contributed by atoms with van der Waals surface area (Å²) in [5, 5.41) is 19.5. The van der Waals surface area contributed by atoms with Crippen LogP contribution in [-0.4, -0.2) is 46.6 Å². The molecule has 1 aromatic heterocycles. The number of hydrogen-bond acceptors (Lipinski definition) is 5. The zero-order chi connectivity index (χ0) is 18.1. The van der Waals surface area contributed by atoms with E-state index in [9.17, 15) is 15.0 Å². The Morgan fingerprint density at radius 2 is 2.00 bits per heavy atom. The number of carbonyl (C=O) groups is 1. The molecule has 0 radical (unpaired) electrons. The Labute approximate surface area is 154 Å². The van der Waals surface area contributed by atoms with Crippen LogP contribution in [0.5, 0.6) is 0 Å². The molecule has 0 saturated heterocycles. The van der Waals surface area contributed by atoms with Gasteiger partial charge in [0.15, 0.2) is 0 Å². The highest BCUT2D eigenvalue weighted by Crippen LogP contribution is 2.49. The van der Waals surface area contributed by atoms with E-state index in [1.165, 1.54) is 11.1 Å². The summed E-state index contributed by atoms with van der Waals surface area (Å²) in [5.74, 6) is 0.416. The van der Waals surface area contributed by atoms with Crippen molar-refractivity contribution >= 4 is 39.4 Å². The van der Waals surface area contributed by atoms with Crippen molar-refractivity contribution in [2.24, 2.45) is 0 Å². The topological polar surface area (TPSA) is 82.9 Å². The fourth-order valence-corrected chi connectivity index (χ4v) is 3.65. The Kier molecular flexibility index (Phi) is 5.79. The molecular weight excluding hydrogens is 400 g/mol. The Morgan fingerprint density at radius 3 is 2.50 bits per heavy atom. The van der Waals surface area contributed by atoms with E-state index in [4.69, 9.17) is 16.3 Å². The lowest BCUT2D eigenvalue weighted by molar-refractivity contribution is 0.0572. The van der Waals surface area contributed by atoms with Gasteiger partial charge in [-0.2, -0.15) is 0 Å². The van der Waals surface area contributed by atoms with Gasteiger partial charge in [0, 0.05) is 36.9 Å². The average Bonchev–Trinajstić information content (AvgIpc) is 2.77. The first kappa shape index (κ1) is 19.4. The largest absolute Gasteiger partial charge is 0.443 e. The smallest absolute Gasteiger partial charge is 0.416 e. The Hall–Kier alpha value is -0.890. The van der Waals surface area contributed by atoms with E-state index >= 15 is 0 Å². The molecule has 0 spiro atoms. The van der Waals surface area contributed by atoms with Crippen LogP contribution in [0.2, 0.25) is 5.02 Å². The average molecular weight is 422 g/mol. The molecule has 6 nitrogen and oxygen atoms in total. The Balaban J connectivity index is 2.54. The number of amides is 1. The third-order valence-electron chi connectivity index (χ3n) is 3.99. The summed E-state index contributed by atoms with van der Waals surface area (Å²) in [4.78, 5) is 18.4. The molecule has 134 valence electrons. The quantitative estimate of drug-likeness (QED) is 0.780. The molecule has 1 aliphatic rings. The van der Waals surface area contributed by atoms with Crippen LogP contribution in [0.4, 0.5) is 10.6 Å². The molecule has 1 amide bonds. The molecule has 0 atom stereocenters. The summed E-state index contributed by atoms with van der Waals surface area (Å²) in [7, 11) is 0. The maximum atomic E-state index is 12.6. The van der Waals surface area contributed by atoms with Gasteiger partial charge in [0.05, 0.1) is 9.50 Å². The molecular formula is C16H22BrClN2O4. The van der Waals surface area contributed by atoms with E-state index in [0.717, 1.165) is 0 Å². The predicted molar refractivity (Wildman–Crippen MR) is 95.6 cm³/mol. The van der Waals surface area contributed by atoms with Gasteiger partial charge in [-0.25, -0.2) is 9.78 Å². The first-order chi connectivity index (χ1) is 11.1. The van der Waals surface area contributed by atoms with Gasteiger partial charge in [-0.3, -0.25) is 4.90 Å². The highest BCUT2D eigenvalue weighted by molar-refractivity contribution is 9.10. The molecule has 0 fully saturated rings. The van der Waals surface area contributed by atoms with Crippen LogP contribution in [0.15, 0.2) is 10.7 Å². The molecule has 0 bridgehead atoms. The minimum atomic E-state index is -0.663. The minimum Gasteiger partial charge on any atom is -0.443 e. The molecule has 24 heavy (non-hydrogen) atoms. The van der Waals surface area contributed by atoms with Crippen LogP contribution < -0.4 is 4.90 Å². The van der Waals surface area contributed by atoms with Crippen molar-refractivity contribution in [2.75, 3.05) is 24.7 Å². The number of aliphatic hydroxyl groups is 2. The van der Waals surface area contributed by atoms with Gasteiger partial charge in [0.1, 0.15) is 11.4 Å². The van der Waals surface area contributed by atoms with Crippen LogP contribution >= 0.6 is 27.5 Å². The molecule has 0 aliphatic carbocycles. The first-order valence-electron chi connectivity index (χ1n) is 7.72. The highest BCUT2D eigenvalue weighted by Gasteiger charge is 2.48. The number of anilines is 1. The fraction of sp³-hybridized carbons (Fsp3) is 0.625. The number of pyridine rings is 1. The molecule has 2 N–H and O–H groups in total. The van der Waals surface area contributed by atoms with Gasteiger partial charge in [0.25, 0.3) is 0 Å². The zero-order valence-electron chi connectivity index (χ0n) is 14.0. The zero-order valence-corrected chi connectivity index (χ0v) is 16.3. The summed E-state index contributed by atoms with van der Waals surface area (Å²) in [6.45, 7) is 5.44. The lowest BCUT2D eigenvalue weighted by Gasteiger charge is -2.30. The monoisotopic (exact) mass is 420 g/mol. The number of aromatic nitrogens is 1. The number of aliphatic hydroxyl groups excluding tert-OH is 2. The van der Waals surface area contributed by atoms with Crippen LogP contribution in [-0.2, 0) is 10.2 Å². The molecule has 0 saturated carbocycles. The normalized spacial score (nSPS) is 16.2. The maximum absolute atomic E-state index is 12.6. The molecule has 8 heteroatoms. The maximum Gasteiger partial charge on any atom is 0.416 e. The predicted octanol–water partition coefficient (Wildman–Crippen LogP) is 3.26. The van der Waals surface area contributed by atoms with Gasteiger partial charge in [-0.15, -0.1) is 0 Å². The number of carbonyl (C=O) groups excluding carboxylic acids is 1. The van der Waals surface area contributed by atoms with Crippen molar-refractivity contribution in [1.82, 2.24) is 4.98 Å². The van der Waals surface area contributed by atoms with Crippen molar-refractivity contribution in [3.05, 3.63) is 21.3 Å². The lowest BCUT2D eigenvalue weighted by atomic mass is 9.77. The minimum absolute atomic E-state index is 0.0928. The van der Waals surface area contributed by atoms with Crippen molar-refractivity contribution in [3.63, 3.8) is 0 Å². The van der Waals surface area contributed by atoms with Crippen LogP contribution in [0.25, 0.3) is 0 Å². The number of ether oxygens (including phenoxy) is 1. The van der Waals surface area contributed by atoms with Gasteiger partial charge in [-0.1, -0.05) is 11.6 Å². The fourth-order valence-electron chi connectivity index (χ4n) is 3.02. The second kappa shape index (κ2) is 7.15. The van der Waals surface area contributed by atoms with Gasteiger partial charge >= 0.3 is 6.09 Å². The highest BCUT2D eigenvalue weighted by atomic mass is 79.9. The van der Waals surface area contributed by atoms with E-state index in [1.807, 2.05) is 0 Å². The second-order valence-electron chi connectivity index (χ2n) is 6.91. The van der Waals surface area contributed by atoms with Crippen molar-refractivity contribution in [3.8, 4) is 0 Å². The second-order valence-corrected chi connectivity index (χ2v) is 8.15. The SMILES string of the molecule is CC(C)(C)OC(=O)N1CC(CCO)(CCO)c2c1ncc(Br)c2Cl. The number of hydrogen-bond donors (Lipinski definition) is 2. The van der Waals surface area contributed by atoms with Crippen LogP contribution in [0.1, 0.15) is 39.2 Å². The summed E-state index contributed by atoms with van der Waals surface area (Å²) in [6, 6.07) is 0. The third kappa shape index (κ3) is 3.69. The van der Waals surface area contributed by atoms with Crippen LogP contribution in [0, 0.1) is 0 Å². The van der Waals surface area contributed by atoms with Crippen LogP contribution in [0.3, 0.4) is 0 Å². The summed E-state index contributed by atoms with van der Waals surface area (Å²) < 4.78 is 6.07. The molecule has 1 aromatic rings. The van der Waals surface area contributed by atoms with E-state index in [1.54, 1.807) is 20.8 Å². The summed E-state index contributed by atoms with van der Waals surface area (Å²) in [6.07, 6.45) is 1.73. The van der Waals surface area contributed by atoms with E-state index in [2.05, 4.69) is 20.9 Å². The van der Waals surface area contributed by atoms with Crippen molar-refractivity contribution < 1.29 is 19.7 Å². The number of fused-ring (bicyclic) bond motifs is 1.